The number of halogens is 2. The summed E-state index contributed by atoms with van der Waals surface area (Å²) in [6.07, 6.45) is 3.51. The molecule has 0 aromatic heterocycles. The molecule has 0 bridgehead atoms. The first-order valence-corrected chi connectivity index (χ1v) is 10.1. The normalized spacial score (nSPS) is 19.7. The lowest BCUT2D eigenvalue weighted by atomic mass is 9.63. The maximum absolute atomic E-state index is 13.8. The van der Waals surface area contributed by atoms with Crippen molar-refractivity contribution in [3.63, 3.8) is 0 Å². The Morgan fingerprint density at radius 2 is 1.68 bits per heavy atom. The van der Waals surface area contributed by atoms with Gasteiger partial charge in [-0.15, -0.1) is 0 Å². The molecule has 1 amide bonds. The van der Waals surface area contributed by atoms with Crippen LogP contribution < -0.4 is 0 Å². The number of carbonyl (C=O) groups is 1. The van der Waals surface area contributed by atoms with Crippen LogP contribution in [0.5, 0.6) is 0 Å². The van der Waals surface area contributed by atoms with Crippen LogP contribution in [0.25, 0.3) is 0 Å². The molecule has 0 radical (unpaired) electrons. The molecule has 0 N–H and O–H groups in total. The van der Waals surface area contributed by atoms with Gasteiger partial charge in [0.1, 0.15) is 11.6 Å². The molecule has 1 saturated carbocycles. The summed E-state index contributed by atoms with van der Waals surface area (Å²) in [5.41, 5.74) is 1.35. The lowest BCUT2D eigenvalue weighted by Gasteiger charge is -2.44. The fourth-order valence-electron chi connectivity index (χ4n) is 4.43. The lowest BCUT2D eigenvalue weighted by Crippen LogP contribution is -2.52. The highest BCUT2D eigenvalue weighted by Gasteiger charge is 2.47. The van der Waals surface area contributed by atoms with Crippen molar-refractivity contribution in [1.29, 1.82) is 0 Å². The van der Waals surface area contributed by atoms with E-state index in [9.17, 15) is 13.6 Å². The van der Waals surface area contributed by atoms with Crippen molar-refractivity contribution < 1.29 is 13.6 Å². The molecule has 28 heavy (non-hydrogen) atoms. The van der Waals surface area contributed by atoms with Gasteiger partial charge in [0, 0.05) is 32.7 Å². The number of amides is 1. The van der Waals surface area contributed by atoms with Gasteiger partial charge in [0.25, 0.3) is 0 Å². The molecule has 2 aliphatic rings. The van der Waals surface area contributed by atoms with E-state index in [1.54, 1.807) is 6.07 Å². The maximum atomic E-state index is 13.8. The molecule has 2 aromatic rings. The Kier molecular flexibility index (Phi) is 5.44. The molecular weight excluding hydrogens is 358 g/mol. The number of rotatable bonds is 4. The van der Waals surface area contributed by atoms with Gasteiger partial charge in [0.2, 0.25) is 5.91 Å². The zero-order valence-corrected chi connectivity index (χ0v) is 16.0. The molecule has 1 heterocycles. The van der Waals surface area contributed by atoms with Crippen LogP contribution in [0.2, 0.25) is 0 Å². The fourth-order valence-corrected chi connectivity index (χ4v) is 4.43. The minimum atomic E-state index is -0.547. The minimum absolute atomic E-state index is 0.146. The molecule has 4 rings (SSSR count). The average molecular weight is 384 g/mol. The van der Waals surface area contributed by atoms with E-state index in [0.29, 0.717) is 6.54 Å². The van der Waals surface area contributed by atoms with Gasteiger partial charge in [0.05, 0.1) is 5.41 Å². The highest BCUT2D eigenvalue weighted by molar-refractivity contribution is 5.89. The van der Waals surface area contributed by atoms with Crippen molar-refractivity contribution in [2.45, 2.75) is 37.6 Å². The molecular formula is C23H26F2N2O. The van der Waals surface area contributed by atoms with Gasteiger partial charge in [0.15, 0.2) is 0 Å². The second-order valence-electron chi connectivity index (χ2n) is 7.99. The Morgan fingerprint density at radius 3 is 2.36 bits per heavy atom. The van der Waals surface area contributed by atoms with Gasteiger partial charge in [-0.1, -0.05) is 30.7 Å². The molecule has 0 spiro atoms. The summed E-state index contributed by atoms with van der Waals surface area (Å²) in [5, 5.41) is 0. The second kappa shape index (κ2) is 8.00. The SMILES string of the molecule is O=C(N1CCCN(Cc2ccc(F)cc2)CC1)C1(c2cccc(F)c2)CCC1. The van der Waals surface area contributed by atoms with Gasteiger partial charge in [-0.3, -0.25) is 9.69 Å². The van der Waals surface area contributed by atoms with E-state index in [-0.39, 0.29) is 17.5 Å². The van der Waals surface area contributed by atoms with Crippen LogP contribution in [-0.4, -0.2) is 41.9 Å². The largest absolute Gasteiger partial charge is 0.341 e. The molecule has 0 unspecified atom stereocenters. The van der Waals surface area contributed by atoms with E-state index in [2.05, 4.69) is 4.90 Å². The van der Waals surface area contributed by atoms with Gasteiger partial charge in [-0.05, 0) is 54.7 Å². The summed E-state index contributed by atoms with van der Waals surface area (Å²) in [5.74, 6) is -0.356. The molecule has 1 aliphatic carbocycles. The third-order valence-corrected chi connectivity index (χ3v) is 6.19. The van der Waals surface area contributed by atoms with Crippen molar-refractivity contribution in [1.82, 2.24) is 9.80 Å². The van der Waals surface area contributed by atoms with Crippen molar-refractivity contribution in [3.05, 3.63) is 71.3 Å². The van der Waals surface area contributed by atoms with Gasteiger partial charge >= 0.3 is 0 Å². The molecule has 2 fully saturated rings. The fraction of sp³-hybridized carbons (Fsp3) is 0.435. The predicted molar refractivity (Wildman–Crippen MR) is 105 cm³/mol. The number of hydrogen-bond donors (Lipinski definition) is 0. The Morgan fingerprint density at radius 1 is 0.893 bits per heavy atom. The smallest absolute Gasteiger partial charge is 0.233 e. The van der Waals surface area contributed by atoms with Crippen molar-refractivity contribution in [2.24, 2.45) is 0 Å². The van der Waals surface area contributed by atoms with Crippen molar-refractivity contribution in [2.75, 3.05) is 26.2 Å². The quantitative estimate of drug-likeness (QED) is 0.792. The molecule has 1 saturated heterocycles. The van der Waals surface area contributed by atoms with Gasteiger partial charge < -0.3 is 4.90 Å². The summed E-state index contributed by atoms with van der Waals surface area (Å²) < 4.78 is 26.9. The van der Waals surface area contributed by atoms with E-state index in [1.807, 2.05) is 23.1 Å². The maximum Gasteiger partial charge on any atom is 0.233 e. The summed E-state index contributed by atoms with van der Waals surface area (Å²) in [6, 6.07) is 13.1. The molecule has 3 nitrogen and oxygen atoms in total. The zero-order chi connectivity index (χ0) is 19.6. The summed E-state index contributed by atoms with van der Waals surface area (Å²) in [7, 11) is 0. The van der Waals surface area contributed by atoms with Crippen LogP contribution >= 0.6 is 0 Å². The molecule has 2 aromatic carbocycles. The van der Waals surface area contributed by atoms with Crippen molar-refractivity contribution in [3.8, 4) is 0 Å². The van der Waals surface area contributed by atoms with E-state index in [4.69, 9.17) is 0 Å². The Labute approximate surface area is 165 Å². The molecule has 5 heteroatoms. The van der Waals surface area contributed by atoms with Crippen LogP contribution in [0, 0.1) is 11.6 Å². The number of carbonyl (C=O) groups excluding carboxylic acids is 1. The first kappa shape index (κ1) is 19.1. The van der Waals surface area contributed by atoms with Crippen molar-refractivity contribution >= 4 is 5.91 Å². The zero-order valence-electron chi connectivity index (χ0n) is 16.0. The topological polar surface area (TPSA) is 23.6 Å². The average Bonchev–Trinajstić information content (AvgIpc) is 2.88. The summed E-state index contributed by atoms with van der Waals surface area (Å²) >= 11 is 0. The van der Waals surface area contributed by atoms with Crippen LogP contribution in [0.4, 0.5) is 8.78 Å². The Balaban J connectivity index is 1.43. The third kappa shape index (κ3) is 3.81. The van der Waals surface area contributed by atoms with E-state index in [0.717, 1.165) is 63.0 Å². The number of nitrogens with zero attached hydrogens (tertiary/aromatic N) is 2. The van der Waals surface area contributed by atoms with Crippen LogP contribution in [0.15, 0.2) is 48.5 Å². The van der Waals surface area contributed by atoms with Gasteiger partial charge in [-0.2, -0.15) is 0 Å². The second-order valence-corrected chi connectivity index (χ2v) is 7.99. The van der Waals surface area contributed by atoms with Gasteiger partial charge in [-0.25, -0.2) is 8.78 Å². The number of hydrogen-bond acceptors (Lipinski definition) is 2. The molecule has 148 valence electrons. The first-order valence-electron chi connectivity index (χ1n) is 10.1. The van der Waals surface area contributed by atoms with Crippen LogP contribution in [-0.2, 0) is 16.8 Å². The predicted octanol–water partition coefficient (Wildman–Crippen LogP) is 4.12. The summed E-state index contributed by atoms with van der Waals surface area (Å²) in [6.45, 7) is 3.88. The standard InChI is InChI=1S/C23H26F2N2O/c24-20-8-6-18(7-9-20)17-26-12-3-13-27(15-14-26)22(28)23(10-2-11-23)19-4-1-5-21(25)16-19/h1,4-9,16H,2-3,10-15,17H2. The molecule has 0 atom stereocenters. The number of benzene rings is 2. The van der Waals surface area contributed by atoms with Crippen LogP contribution in [0.3, 0.4) is 0 Å². The minimum Gasteiger partial charge on any atom is -0.341 e. The van der Waals surface area contributed by atoms with Crippen LogP contribution in [0.1, 0.15) is 36.8 Å². The summed E-state index contributed by atoms with van der Waals surface area (Å²) in [4.78, 5) is 17.7. The highest BCUT2D eigenvalue weighted by atomic mass is 19.1. The van der Waals surface area contributed by atoms with E-state index in [1.165, 1.54) is 24.3 Å². The van der Waals surface area contributed by atoms with E-state index >= 15 is 0 Å². The Bertz CT molecular complexity index is 833. The highest BCUT2D eigenvalue weighted by Crippen LogP contribution is 2.45. The first-order chi connectivity index (χ1) is 13.6. The molecule has 1 aliphatic heterocycles. The Hall–Kier alpha value is -2.27. The lowest BCUT2D eigenvalue weighted by molar-refractivity contribution is -0.140. The monoisotopic (exact) mass is 384 g/mol. The van der Waals surface area contributed by atoms with E-state index < -0.39 is 5.41 Å². The third-order valence-electron chi connectivity index (χ3n) is 6.19.